The Kier molecular flexibility index (Phi) is 6.12. The van der Waals surface area contributed by atoms with Crippen molar-refractivity contribution in [3.63, 3.8) is 0 Å². The Morgan fingerprint density at radius 1 is 1.19 bits per heavy atom. The summed E-state index contributed by atoms with van der Waals surface area (Å²) < 4.78 is 5.63. The molecule has 1 fully saturated rings. The molecule has 0 aliphatic carbocycles. The van der Waals surface area contributed by atoms with Crippen molar-refractivity contribution in [2.75, 3.05) is 18.0 Å². The second kappa shape index (κ2) is 8.71. The summed E-state index contributed by atoms with van der Waals surface area (Å²) in [6.45, 7) is 5.27. The van der Waals surface area contributed by atoms with Crippen LogP contribution in [0.2, 0.25) is 0 Å². The van der Waals surface area contributed by atoms with Crippen LogP contribution in [-0.2, 0) is 11.2 Å². The van der Waals surface area contributed by atoms with Crippen LogP contribution in [0.1, 0.15) is 42.6 Å². The van der Waals surface area contributed by atoms with Crippen LogP contribution in [0.5, 0.6) is 5.75 Å². The van der Waals surface area contributed by atoms with Gasteiger partial charge in [0.05, 0.1) is 6.10 Å². The highest BCUT2D eigenvalue weighted by Gasteiger charge is 2.22. The third-order valence-corrected chi connectivity index (χ3v) is 4.49. The number of benzene rings is 2. The third kappa shape index (κ3) is 5.09. The number of carbonyl (C=O) groups is 2. The molecular formula is C22H26N2O3. The smallest absolute Gasteiger partial charge is 0.251 e. The van der Waals surface area contributed by atoms with Crippen molar-refractivity contribution in [3.05, 3.63) is 59.7 Å². The Labute approximate surface area is 160 Å². The zero-order chi connectivity index (χ0) is 19.2. The molecule has 2 aromatic rings. The van der Waals surface area contributed by atoms with E-state index < -0.39 is 0 Å². The highest BCUT2D eigenvalue weighted by molar-refractivity contribution is 5.99. The predicted octanol–water partition coefficient (Wildman–Crippen LogP) is 3.57. The maximum absolute atomic E-state index is 12.4. The summed E-state index contributed by atoms with van der Waals surface area (Å²) in [6, 6.07) is 15.2. The molecule has 3 rings (SSSR count). The quantitative estimate of drug-likeness (QED) is 0.815. The van der Waals surface area contributed by atoms with E-state index in [1.807, 2.05) is 50.2 Å². The first-order valence-corrected chi connectivity index (χ1v) is 9.47. The third-order valence-electron chi connectivity index (χ3n) is 4.49. The molecule has 0 spiro atoms. The van der Waals surface area contributed by atoms with Gasteiger partial charge in [-0.3, -0.25) is 9.59 Å². The van der Waals surface area contributed by atoms with Crippen molar-refractivity contribution in [1.29, 1.82) is 0 Å². The van der Waals surface area contributed by atoms with Gasteiger partial charge in [0, 0.05) is 30.8 Å². The van der Waals surface area contributed by atoms with Crippen molar-refractivity contribution < 1.29 is 14.3 Å². The molecular weight excluding hydrogens is 340 g/mol. The minimum Gasteiger partial charge on any atom is -0.491 e. The van der Waals surface area contributed by atoms with Gasteiger partial charge in [-0.15, -0.1) is 0 Å². The second-order valence-corrected chi connectivity index (χ2v) is 7.02. The van der Waals surface area contributed by atoms with E-state index in [0.717, 1.165) is 36.4 Å². The first-order chi connectivity index (χ1) is 13.0. The molecule has 1 aliphatic rings. The van der Waals surface area contributed by atoms with Crippen molar-refractivity contribution in [1.82, 2.24) is 5.32 Å². The fourth-order valence-electron chi connectivity index (χ4n) is 3.17. The van der Waals surface area contributed by atoms with E-state index in [4.69, 9.17) is 4.74 Å². The lowest BCUT2D eigenvalue weighted by atomic mass is 10.1. The van der Waals surface area contributed by atoms with E-state index in [1.165, 1.54) is 0 Å². The minimum atomic E-state index is -0.122. The number of rotatable bonds is 7. The van der Waals surface area contributed by atoms with Gasteiger partial charge in [-0.05, 0) is 62.6 Å². The number of ether oxygens (including phenoxy) is 1. The average Bonchev–Trinajstić information content (AvgIpc) is 3.09. The van der Waals surface area contributed by atoms with E-state index in [0.29, 0.717) is 18.5 Å². The van der Waals surface area contributed by atoms with Crippen molar-refractivity contribution >= 4 is 17.5 Å². The molecule has 1 N–H and O–H groups in total. The fraction of sp³-hybridized carbons (Fsp3) is 0.364. The zero-order valence-electron chi connectivity index (χ0n) is 15.9. The molecule has 0 unspecified atom stereocenters. The average molecular weight is 366 g/mol. The SMILES string of the molecule is CC(C)Oc1ccc(CCNC(=O)c2cccc(N3CCCC3=O)c2)cc1. The molecule has 0 atom stereocenters. The van der Waals surface area contributed by atoms with Crippen molar-refractivity contribution in [2.45, 2.75) is 39.2 Å². The molecule has 0 saturated carbocycles. The summed E-state index contributed by atoms with van der Waals surface area (Å²) in [4.78, 5) is 26.1. The van der Waals surface area contributed by atoms with E-state index >= 15 is 0 Å². The van der Waals surface area contributed by atoms with Crippen molar-refractivity contribution in [3.8, 4) is 5.75 Å². The maximum Gasteiger partial charge on any atom is 0.251 e. The molecule has 0 bridgehead atoms. The van der Waals surface area contributed by atoms with Crippen LogP contribution in [0.3, 0.4) is 0 Å². The topological polar surface area (TPSA) is 58.6 Å². The lowest BCUT2D eigenvalue weighted by Crippen LogP contribution is -2.27. The van der Waals surface area contributed by atoms with Crippen LogP contribution in [0.25, 0.3) is 0 Å². The van der Waals surface area contributed by atoms with Gasteiger partial charge in [0.25, 0.3) is 5.91 Å². The maximum atomic E-state index is 12.4. The number of carbonyl (C=O) groups excluding carboxylic acids is 2. The summed E-state index contributed by atoms with van der Waals surface area (Å²) in [6.07, 6.45) is 2.35. The van der Waals surface area contributed by atoms with Crippen LogP contribution < -0.4 is 15.0 Å². The number of amides is 2. The highest BCUT2D eigenvalue weighted by Crippen LogP contribution is 2.22. The van der Waals surface area contributed by atoms with E-state index in [1.54, 1.807) is 17.0 Å². The first-order valence-electron chi connectivity index (χ1n) is 9.47. The lowest BCUT2D eigenvalue weighted by Gasteiger charge is -2.16. The van der Waals surface area contributed by atoms with Crippen LogP contribution in [0.4, 0.5) is 5.69 Å². The Bertz CT molecular complexity index is 799. The Morgan fingerprint density at radius 2 is 1.96 bits per heavy atom. The fourth-order valence-corrected chi connectivity index (χ4v) is 3.17. The van der Waals surface area contributed by atoms with Gasteiger partial charge >= 0.3 is 0 Å². The van der Waals surface area contributed by atoms with Gasteiger partial charge in [-0.2, -0.15) is 0 Å². The number of hydrogen-bond acceptors (Lipinski definition) is 3. The number of hydrogen-bond donors (Lipinski definition) is 1. The molecule has 0 radical (unpaired) electrons. The normalized spacial score (nSPS) is 13.9. The molecule has 1 saturated heterocycles. The van der Waals surface area contributed by atoms with Crippen molar-refractivity contribution in [2.24, 2.45) is 0 Å². The van der Waals surface area contributed by atoms with E-state index in [-0.39, 0.29) is 17.9 Å². The van der Waals surface area contributed by atoms with Crippen LogP contribution >= 0.6 is 0 Å². The molecule has 5 nitrogen and oxygen atoms in total. The lowest BCUT2D eigenvalue weighted by molar-refractivity contribution is -0.117. The van der Waals surface area contributed by atoms with Gasteiger partial charge in [0.2, 0.25) is 5.91 Å². The van der Waals surface area contributed by atoms with Gasteiger partial charge in [-0.25, -0.2) is 0 Å². The van der Waals surface area contributed by atoms with Crippen LogP contribution in [-0.4, -0.2) is 31.0 Å². The molecule has 5 heteroatoms. The van der Waals surface area contributed by atoms with Crippen LogP contribution in [0, 0.1) is 0 Å². The number of nitrogens with zero attached hydrogens (tertiary/aromatic N) is 1. The molecule has 0 aromatic heterocycles. The molecule has 1 heterocycles. The summed E-state index contributed by atoms with van der Waals surface area (Å²) in [5.41, 5.74) is 2.52. The van der Waals surface area contributed by atoms with Gasteiger partial charge in [0.15, 0.2) is 0 Å². The summed E-state index contributed by atoms with van der Waals surface area (Å²) in [5.74, 6) is 0.853. The highest BCUT2D eigenvalue weighted by atomic mass is 16.5. The summed E-state index contributed by atoms with van der Waals surface area (Å²) in [5, 5.41) is 2.95. The minimum absolute atomic E-state index is 0.122. The number of nitrogens with one attached hydrogen (secondary N) is 1. The monoisotopic (exact) mass is 366 g/mol. The second-order valence-electron chi connectivity index (χ2n) is 7.02. The van der Waals surface area contributed by atoms with Gasteiger partial charge in [0.1, 0.15) is 5.75 Å². The number of anilines is 1. The molecule has 2 amide bonds. The van der Waals surface area contributed by atoms with Crippen LogP contribution in [0.15, 0.2) is 48.5 Å². The Hall–Kier alpha value is -2.82. The first kappa shape index (κ1) is 19.0. The van der Waals surface area contributed by atoms with E-state index in [9.17, 15) is 9.59 Å². The molecule has 27 heavy (non-hydrogen) atoms. The summed E-state index contributed by atoms with van der Waals surface area (Å²) in [7, 11) is 0. The predicted molar refractivity (Wildman–Crippen MR) is 106 cm³/mol. The molecule has 1 aliphatic heterocycles. The zero-order valence-corrected chi connectivity index (χ0v) is 15.9. The van der Waals surface area contributed by atoms with E-state index in [2.05, 4.69) is 5.32 Å². The van der Waals surface area contributed by atoms with Gasteiger partial charge < -0.3 is 15.0 Å². The molecule has 142 valence electrons. The summed E-state index contributed by atoms with van der Waals surface area (Å²) >= 11 is 0. The Balaban J connectivity index is 1.53. The van der Waals surface area contributed by atoms with Gasteiger partial charge in [-0.1, -0.05) is 18.2 Å². The molecule has 2 aromatic carbocycles. The standard InChI is InChI=1S/C22H26N2O3/c1-16(2)27-20-10-8-17(9-11-20)12-13-23-22(26)18-5-3-6-19(15-18)24-14-4-7-21(24)25/h3,5-6,8-11,15-16H,4,7,12-14H2,1-2H3,(H,23,26). The largest absolute Gasteiger partial charge is 0.491 e. The Morgan fingerprint density at radius 3 is 2.63 bits per heavy atom.